The van der Waals surface area contributed by atoms with Gasteiger partial charge in [0.25, 0.3) is 5.95 Å². The van der Waals surface area contributed by atoms with Gasteiger partial charge in [-0.25, -0.2) is 4.98 Å². The summed E-state index contributed by atoms with van der Waals surface area (Å²) in [5.74, 6) is 0.706. The molecule has 0 spiro atoms. The van der Waals surface area contributed by atoms with E-state index in [9.17, 15) is 0 Å². The molecule has 0 unspecified atom stereocenters. The second-order valence-corrected chi connectivity index (χ2v) is 6.51. The Hall–Kier alpha value is -1.58. The molecule has 0 saturated heterocycles. The van der Waals surface area contributed by atoms with Crippen LogP contribution in [0.15, 0.2) is 28.6 Å². The molecule has 3 rings (SSSR count). The van der Waals surface area contributed by atoms with Gasteiger partial charge in [-0.2, -0.15) is 24.7 Å². The maximum absolute atomic E-state index is 5.88. The first-order valence-electron chi connectivity index (χ1n) is 5.45. The van der Waals surface area contributed by atoms with E-state index in [0.29, 0.717) is 18.4 Å². The summed E-state index contributed by atoms with van der Waals surface area (Å²) >= 11 is 10.9. The van der Waals surface area contributed by atoms with Crippen LogP contribution in [0.4, 0.5) is 5.95 Å². The van der Waals surface area contributed by atoms with Gasteiger partial charge in [0.15, 0.2) is 0 Å². The van der Waals surface area contributed by atoms with Crippen LogP contribution in [-0.4, -0.2) is 29.7 Å². The fourth-order valence-corrected chi connectivity index (χ4v) is 3.02. The molecule has 7 nitrogen and oxygen atoms in total. The summed E-state index contributed by atoms with van der Waals surface area (Å²) in [5, 5.41) is 7.15. The van der Waals surface area contributed by atoms with Crippen molar-refractivity contribution in [3.8, 4) is 5.95 Å². The molecule has 0 aromatic carbocycles. The minimum absolute atomic E-state index is 0.0976. The summed E-state index contributed by atoms with van der Waals surface area (Å²) in [6, 6.07) is 4.01. The van der Waals surface area contributed by atoms with Gasteiger partial charge in [-0.05, 0) is 39.7 Å². The maximum Gasteiger partial charge on any atom is 0.258 e. The highest BCUT2D eigenvalue weighted by molar-refractivity contribution is 9.11. The number of thiophene rings is 1. The zero-order chi connectivity index (χ0) is 13.9. The number of halogens is 2. The van der Waals surface area contributed by atoms with Crippen molar-refractivity contribution in [2.75, 3.05) is 5.32 Å². The van der Waals surface area contributed by atoms with Crippen molar-refractivity contribution in [2.24, 2.45) is 0 Å². The fraction of sp³-hybridized carbons (Fsp3) is 0.100. The number of anilines is 1. The number of nitrogens with one attached hydrogen (secondary N) is 1. The predicted octanol–water partition coefficient (Wildman–Crippen LogP) is 2.54. The molecule has 20 heavy (non-hydrogen) atoms. The third kappa shape index (κ3) is 3.11. The fourth-order valence-electron chi connectivity index (χ4n) is 1.45. The average Bonchev–Trinajstić information content (AvgIpc) is 3.07. The molecule has 3 heterocycles. The number of aromatic nitrogens is 6. The standard InChI is InChI=1S/C10H7BrClN7S/c11-7-2-1-6(20-7)3-14-9-16-8(12)17-10(18-9)19-5-13-4-15-19/h1-2,4-5H,3H2,(H,14,16,17,18). The monoisotopic (exact) mass is 371 g/mol. The SMILES string of the molecule is Clc1nc(NCc2ccc(Br)s2)nc(-n2cncn2)n1. The summed E-state index contributed by atoms with van der Waals surface area (Å²) < 4.78 is 2.49. The van der Waals surface area contributed by atoms with E-state index in [1.165, 1.54) is 17.3 Å². The largest absolute Gasteiger partial charge is 0.349 e. The molecule has 1 N–H and O–H groups in total. The summed E-state index contributed by atoms with van der Waals surface area (Å²) in [6.45, 7) is 0.605. The topological polar surface area (TPSA) is 81.4 Å². The molecule has 0 aliphatic heterocycles. The normalized spacial score (nSPS) is 10.7. The highest BCUT2D eigenvalue weighted by atomic mass is 79.9. The lowest BCUT2D eigenvalue weighted by Gasteiger charge is -2.05. The molecular formula is C10H7BrClN7S. The second-order valence-electron chi connectivity index (χ2n) is 3.63. The van der Waals surface area contributed by atoms with Gasteiger partial charge in [-0.15, -0.1) is 11.3 Å². The molecule has 3 aromatic heterocycles. The minimum atomic E-state index is 0.0976. The lowest BCUT2D eigenvalue weighted by atomic mass is 10.5. The van der Waals surface area contributed by atoms with E-state index in [1.54, 1.807) is 11.3 Å². The highest BCUT2D eigenvalue weighted by Crippen LogP contribution is 2.22. The Morgan fingerprint density at radius 1 is 1.30 bits per heavy atom. The lowest BCUT2D eigenvalue weighted by Crippen LogP contribution is -2.09. The summed E-state index contributed by atoms with van der Waals surface area (Å²) in [5.41, 5.74) is 0. The molecule has 0 amide bonds. The molecule has 0 aliphatic carbocycles. The maximum atomic E-state index is 5.88. The van der Waals surface area contributed by atoms with Crippen LogP contribution in [0.25, 0.3) is 5.95 Å². The second kappa shape index (κ2) is 5.81. The van der Waals surface area contributed by atoms with Crippen molar-refractivity contribution in [1.29, 1.82) is 0 Å². The molecule has 0 bridgehead atoms. The molecule has 0 fully saturated rings. The number of hydrogen-bond acceptors (Lipinski definition) is 7. The van der Waals surface area contributed by atoms with Gasteiger partial charge < -0.3 is 5.32 Å². The quantitative estimate of drug-likeness (QED) is 0.758. The van der Waals surface area contributed by atoms with E-state index in [-0.39, 0.29) is 5.28 Å². The average molecular weight is 373 g/mol. The lowest BCUT2D eigenvalue weighted by molar-refractivity contribution is 0.793. The first-order chi connectivity index (χ1) is 9.70. The van der Waals surface area contributed by atoms with Gasteiger partial charge in [0, 0.05) is 4.88 Å². The van der Waals surface area contributed by atoms with Crippen LogP contribution in [0.2, 0.25) is 5.28 Å². The Kier molecular flexibility index (Phi) is 3.90. The van der Waals surface area contributed by atoms with E-state index in [4.69, 9.17) is 11.6 Å². The molecule has 3 aromatic rings. The molecule has 0 saturated carbocycles. The minimum Gasteiger partial charge on any atom is -0.349 e. The van der Waals surface area contributed by atoms with Gasteiger partial charge in [0.1, 0.15) is 12.7 Å². The number of rotatable bonds is 4. The zero-order valence-electron chi connectivity index (χ0n) is 9.86. The molecule has 102 valence electrons. The van der Waals surface area contributed by atoms with E-state index in [0.717, 1.165) is 8.66 Å². The Morgan fingerprint density at radius 3 is 2.90 bits per heavy atom. The number of nitrogens with zero attached hydrogens (tertiary/aromatic N) is 6. The van der Waals surface area contributed by atoms with Crippen LogP contribution in [0.3, 0.4) is 0 Å². The van der Waals surface area contributed by atoms with Gasteiger partial charge >= 0.3 is 0 Å². The number of hydrogen-bond donors (Lipinski definition) is 1. The van der Waals surface area contributed by atoms with Crippen molar-refractivity contribution in [3.05, 3.63) is 38.7 Å². The van der Waals surface area contributed by atoms with Crippen LogP contribution in [0.1, 0.15) is 4.88 Å². The van der Waals surface area contributed by atoms with Gasteiger partial charge in [-0.3, -0.25) is 0 Å². The summed E-state index contributed by atoms with van der Waals surface area (Å²) in [4.78, 5) is 17.2. The molecule has 0 aliphatic rings. The Balaban J connectivity index is 1.79. The first kappa shape index (κ1) is 13.4. The van der Waals surface area contributed by atoms with Gasteiger partial charge in [-0.1, -0.05) is 0 Å². The zero-order valence-corrected chi connectivity index (χ0v) is 13.0. The third-order valence-corrected chi connectivity index (χ3v) is 4.06. The van der Waals surface area contributed by atoms with Gasteiger partial charge in [0.2, 0.25) is 11.2 Å². The van der Waals surface area contributed by atoms with Crippen molar-refractivity contribution in [2.45, 2.75) is 6.54 Å². The molecule has 0 atom stereocenters. The summed E-state index contributed by atoms with van der Waals surface area (Å²) in [6.07, 6.45) is 2.89. The van der Waals surface area contributed by atoms with E-state index in [1.807, 2.05) is 12.1 Å². The van der Waals surface area contributed by atoms with Crippen LogP contribution < -0.4 is 5.32 Å². The molecular weight excluding hydrogens is 366 g/mol. The van der Waals surface area contributed by atoms with Crippen molar-refractivity contribution in [3.63, 3.8) is 0 Å². The third-order valence-electron chi connectivity index (χ3n) is 2.27. The Morgan fingerprint density at radius 2 is 2.20 bits per heavy atom. The molecule has 10 heteroatoms. The van der Waals surface area contributed by atoms with Gasteiger partial charge in [0.05, 0.1) is 10.3 Å². The van der Waals surface area contributed by atoms with E-state index >= 15 is 0 Å². The van der Waals surface area contributed by atoms with Crippen LogP contribution in [-0.2, 0) is 6.54 Å². The Labute approximate surface area is 131 Å². The van der Waals surface area contributed by atoms with Crippen LogP contribution in [0, 0.1) is 0 Å². The summed E-state index contributed by atoms with van der Waals surface area (Å²) in [7, 11) is 0. The highest BCUT2D eigenvalue weighted by Gasteiger charge is 2.07. The predicted molar refractivity (Wildman–Crippen MR) is 79.1 cm³/mol. The molecule has 0 radical (unpaired) electrons. The van der Waals surface area contributed by atoms with Crippen molar-refractivity contribution >= 4 is 44.8 Å². The first-order valence-corrected chi connectivity index (χ1v) is 7.44. The van der Waals surface area contributed by atoms with E-state index < -0.39 is 0 Å². The van der Waals surface area contributed by atoms with E-state index in [2.05, 4.69) is 46.3 Å². The van der Waals surface area contributed by atoms with Crippen molar-refractivity contribution < 1.29 is 0 Å². The smallest absolute Gasteiger partial charge is 0.258 e. The van der Waals surface area contributed by atoms with Crippen LogP contribution >= 0.6 is 38.9 Å². The Bertz CT molecular complexity index is 714. The van der Waals surface area contributed by atoms with Crippen LogP contribution in [0.5, 0.6) is 0 Å². The van der Waals surface area contributed by atoms with Crippen molar-refractivity contribution in [1.82, 2.24) is 29.7 Å².